The van der Waals surface area contributed by atoms with E-state index in [9.17, 15) is 14.7 Å². The highest BCUT2D eigenvalue weighted by Gasteiger charge is 2.47. The second-order valence-corrected chi connectivity index (χ2v) is 8.17. The van der Waals surface area contributed by atoms with Gasteiger partial charge in [-0.2, -0.15) is 0 Å². The Labute approximate surface area is 215 Å². The van der Waals surface area contributed by atoms with E-state index in [0.717, 1.165) is 0 Å². The Morgan fingerprint density at radius 3 is 1.92 bits per heavy atom. The van der Waals surface area contributed by atoms with Crippen molar-refractivity contribution in [3.63, 3.8) is 0 Å². The van der Waals surface area contributed by atoms with Gasteiger partial charge in [0, 0.05) is 11.3 Å². The Kier molecular flexibility index (Phi) is 7.67. The molecule has 1 atom stereocenters. The van der Waals surface area contributed by atoms with Crippen LogP contribution in [-0.4, -0.2) is 44.2 Å². The first kappa shape index (κ1) is 25.6. The number of anilines is 1. The fourth-order valence-electron chi connectivity index (χ4n) is 4.34. The predicted octanol–water partition coefficient (Wildman–Crippen LogP) is 5.13. The summed E-state index contributed by atoms with van der Waals surface area (Å²) in [4.78, 5) is 28.2. The number of carbonyl (C=O) groups excluding carboxylic acids is 2. The van der Waals surface area contributed by atoms with Gasteiger partial charge in [-0.05, 0) is 80.1 Å². The summed E-state index contributed by atoms with van der Waals surface area (Å²) in [5.74, 6) is 0.366. The molecular formula is C29H29NO7. The number of ketones is 1. The van der Waals surface area contributed by atoms with Crippen LogP contribution in [0.4, 0.5) is 5.69 Å². The number of ether oxygens (including phenoxy) is 4. The fourth-order valence-corrected chi connectivity index (χ4v) is 4.34. The van der Waals surface area contributed by atoms with Crippen molar-refractivity contribution >= 4 is 23.1 Å². The molecule has 1 amide bonds. The van der Waals surface area contributed by atoms with Crippen LogP contribution < -0.4 is 23.8 Å². The second kappa shape index (κ2) is 11.1. The zero-order valence-corrected chi connectivity index (χ0v) is 21.2. The van der Waals surface area contributed by atoms with Gasteiger partial charge in [-0.1, -0.05) is 6.07 Å². The number of methoxy groups -OCH3 is 2. The monoisotopic (exact) mass is 503 g/mol. The molecule has 0 radical (unpaired) electrons. The zero-order valence-electron chi connectivity index (χ0n) is 21.2. The summed E-state index contributed by atoms with van der Waals surface area (Å²) in [6.45, 7) is 4.75. The summed E-state index contributed by atoms with van der Waals surface area (Å²) in [6.07, 6.45) is 0. The lowest BCUT2D eigenvalue weighted by Crippen LogP contribution is -2.29. The molecule has 1 unspecified atom stereocenters. The van der Waals surface area contributed by atoms with Crippen LogP contribution in [-0.2, 0) is 9.59 Å². The van der Waals surface area contributed by atoms with E-state index in [1.807, 2.05) is 13.8 Å². The largest absolute Gasteiger partial charge is 0.507 e. The number of hydrogen-bond acceptors (Lipinski definition) is 7. The van der Waals surface area contributed by atoms with Crippen LogP contribution in [0.1, 0.15) is 31.0 Å². The number of benzene rings is 3. The highest BCUT2D eigenvalue weighted by molar-refractivity contribution is 6.51. The molecule has 8 heteroatoms. The van der Waals surface area contributed by atoms with E-state index in [0.29, 0.717) is 53.0 Å². The Bertz CT molecular complexity index is 1310. The Balaban J connectivity index is 1.89. The van der Waals surface area contributed by atoms with Crippen molar-refractivity contribution in [1.29, 1.82) is 0 Å². The average Bonchev–Trinajstić information content (AvgIpc) is 3.19. The van der Waals surface area contributed by atoms with Crippen molar-refractivity contribution in [2.24, 2.45) is 0 Å². The third-order valence-corrected chi connectivity index (χ3v) is 6.03. The number of hydrogen-bond donors (Lipinski definition) is 1. The molecule has 0 aliphatic carbocycles. The van der Waals surface area contributed by atoms with E-state index < -0.39 is 17.7 Å². The number of rotatable bonds is 9. The van der Waals surface area contributed by atoms with Gasteiger partial charge in [-0.15, -0.1) is 0 Å². The van der Waals surface area contributed by atoms with Crippen molar-refractivity contribution < 1.29 is 33.6 Å². The minimum absolute atomic E-state index is 0.0322. The van der Waals surface area contributed by atoms with Gasteiger partial charge in [-0.3, -0.25) is 14.5 Å². The molecule has 4 rings (SSSR count). The van der Waals surface area contributed by atoms with Crippen LogP contribution >= 0.6 is 0 Å². The van der Waals surface area contributed by atoms with Crippen molar-refractivity contribution in [2.75, 3.05) is 32.3 Å². The van der Waals surface area contributed by atoms with Crippen LogP contribution in [0.25, 0.3) is 5.76 Å². The third-order valence-electron chi connectivity index (χ3n) is 6.03. The van der Waals surface area contributed by atoms with Gasteiger partial charge in [0.15, 0.2) is 11.5 Å². The van der Waals surface area contributed by atoms with Gasteiger partial charge in [0.2, 0.25) is 0 Å². The molecular weight excluding hydrogens is 474 g/mol. The number of Topliss-reactive ketones (excluding diaryl/α,β-unsaturated/α-hetero) is 1. The number of aliphatic hydroxyl groups excluding tert-OH is 1. The molecule has 1 saturated heterocycles. The number of aliphatic hydroxyl groups is 1. The lowest BCUT2D eigenvalue weighted by molar-refractivity contribution is -0.132. The molecule has 0 bridgehead atoms. The number of amides is 1. The van der Waals surface area contributed by atoms with Crippen LogP contribution in [0.2, 0.25) is 0 Å². The van der Waals surface area contributed by atoms with Crippen LogP contribution in [0.5, 0.6) is 23.0 Å². The topological polar surface area (TPSA) is 94.5 Å². The molecule has 0 saturated carbocycles. The molecule has 0 spiro atoms. The molecule has 3 aromatic carbocycles. The smallest absolute Gasteiger partial charge is 0.300 e. The summed E-state index contributed by atoms with van der Waals surface area (Å²) in [5.41, 5.74) is 1.41. The van der Waals surface area contributed by atoms with E-state index >= 15 is 0 Å². The van der Waals surface area contributed by atoms with E-state index in [2.05, 4.69) is 0 Å². The van der Waals surface area contributed by atoms with Gasteiger partial charge in [0.1, 0.15) is 17.3 Å². The molecule has 37 heavy (non-hydrogen) atoms. The van der Waals surface area contributed by atoms with Gasteiger partial charge < -0.3 is 24.1 Å². The molecule has 8 nitrogen and oxygen atoms in total. The van der Waals surface area contributed by atoms with Crippen molar-refractivity contribution in [3.8, 4) is 23.0 Å². The summed E-state index contributed by atoms with van der Waals surface area (Å²) in [5, 5.41) is 11.3. The first-order valence-corrected chi connectivity index (χ1v) is 11.9. The summed E-state index contributed by atoms with van der Waals surface area (Å²) in [6, 6.07) is 17.8. The Morgan fingerprint density at radius 2 is 1.38 bits per heavy atom. The predicted molar refractivity (Wildman–Crippen MR) is 140 cm³/mol. The van der Waals surface area contributed by atoms with Crippen molar-refractivity contribution in [2.45, 2.75) is 19.9 Å². The van der Waals surface area contributed by atoms with Crippen LogP contribution in [0, 0.1) is 0 Å². The standard InChI is InChI=1S/C29H29NO7/c1-5-36-21-12-7-18(8-13-21)27(31)25-26(19-9-16-23(34-3)24(17-19)35-4)30(29(33)28(25)32)20-10-14-22(15-11-20)37-6-2/h7-17,26,31H,5-6H2,1-4H3/b27-25-. The average molecular weight is 504 g/mol. The van der Waals surface area contributed by atoms with Gasteiger partial charge in [0.25, 0.3) is 11.7 Å². The summed E-state index contributed by atoms with van der Waals surface area (Å²) < 4.78 is 21.8. The van der Waals surface area contributed by atoms with E-state index in [1.165, 1.54) is 19.1 Å². The maximum atomic E-state index is 13.4. The lowest BCUT2D eigenvalue weighted by atomic mass is 9.94. The fraction of sp³-hybridized carbons (Fsp3) is 0.241. The maximum Gasteiger partial charge on any atom is 0.300 e. The molecule has 1 aliphatic rings. The lowest BCUT2D eigenvalue weighted by Gasteiger charge is -2.26. The Morgan fingerprint density at radius 1 is 0.811 bits per heavy atom. The number of carbonyl (C=O) groups is 2. The minimum Gasteiger partial charge on any atom is -0.507 e. The minimum atomic E-state index is -0.913. The molecule has 0 aromatic heterocycles. The second-order valence-electron chi connectivity index (χ2n) is 8.17. The molecule has 1 N–H and O–H groups in total. The molecule has 3 aromatic rings. The van der Waals surface area contributed by atoms with Gasteiger partial charge in [-0.25, -0.2) is 0 Å². The van der Waals surface area contributed by atoms with Crippen molar-refractivity contribution in [3.05, 3.63) is 83.4 Å². The van der Waals surface area contributed by atoms with E-state index in [4.69, 9.17) is 18.9 Å². The molecule has 1 aliphatic heterocycles. The SMILES string of the molecule is CCOc1ccc(/C(O)=C2/C(=O)C(=O)N(c3ccc(OCC)cc3)C2c2ccc(OC)c(OC)c2)cc1. The van der Waals surface area contributed by atoms with Crippen LogP contribution in [0.15, 0.2) is 72.3 Å². The van der Waals surface area contributed by atoms with E-state index in [-0.39, 0.29) is 11.3 Å². The first-order chi connectivity index (χ1) is 17.9. The maximum absolute atomic E-state index is 13.4. The first-order valence-electron chi connectivity index (χ1n) is 11.9. The normalized spacial score (nSPS) is 16.5. The van der Waals surface area contributed by atoms with Gasteiger partial charge in [0.05, 0.1) is 39.0 Å². The highest BCUT2D eigenvalue weighted by Crippen LogP contribution is 2.44. The number of nitrogens with zero attached hydrogens (tertiary/aromatic N) is 1. The quantitative estimate of drug-likeness (QED) is 0.246. The third kappa shape index (κ3) is 4.95. The van der Waals surface area contributed by atoms with Gasteiger partial charge >= 0.3 is 0 Å². The summed E-state index contributed by atoms with van der Waals surface area (Å²) in [7, 11) is 3.03. The molecule has 192 valence electrons. The molecule has 1 fully saturated rings. The zero-order chi connectivity index (χ0) is 26.5. The molecule has 1 heterocycles. The highest BCUT2D eigenvalue weighted by atomic mass is 16.5. The summed E-state index contributed by atoms with van der Waals surface area (Å²) >= 11 is 0. The van der Waals surface area contributed by atoms with Crippen LogP contribution in [0.3, 0.4) is 0 Å². The Hall–Kier alpha value is -4.46. The van der Waals surface area contributed by atoms with Crippen molar-refractivity contribution in [1.82, 2.24) is 0 Å². The van der Waals surface area contributed by atoms with E-state index in [1.54, 1.807) is 66.7 Å².